The lowest BCUT2D eigenvalue weighted by atomic mass is 10.1. The van der Waals surface area contributed by atoms with E-state index in [9.17, 15) is 18.0 Å². The predicted molar refractivity (Wildman–Crippen MR) is 108 cm³/mol. The minimum atomic E-state index is -3.46. The van der Waals surface area contributed by atoms with Crippen molar-refractivity contribution in [3.8, 4) is 11.5 Å². The van der Waals surface area contributed by atoms with E-state index in [0.29, 0.717) is 17.1 Å². The van der Waals surface area contributed by atoms with E-state index in [1.54, 1.807) is 13.0 Å². The topological polar surface area (TPSA) is 111 Å². The molecule has 0 spiro atoms. The molecule has 2 aromatic carbocycles. The second-order valence-corrected chi connectivity index (χ2v) is 8.71. The Labute approximate surface area is 170 Å². The largest absolute Gasteiger partial charge is 0.493 e. The van der Waals surface area contributed by atoms with Crippen molar-refractivity contribution >= 4 is 21.7 Å². The van der Waals surface area contributed by atoms with Gasteiger partial charge in [-0.15, -0.1) is 0 Å². The third-order valence-electron chi connectivity index (χ3n) is 3.96. The van der Waals surface area contributed by atoms with Gasteiger partial charge in [-0.25, -0.2) is 8.42 Å². The van der Waals surface area contributed by atoms with E-state index < -0.39 is 21.7 Å². The fourth-order valence-corrected chi connectivity index (χ4v) is 3.14. The predicted octanol–water partition coefficient (Wildman–Crippen LogP) is 2.27. The molecule has 0 unspecified atom stereocenters. The van der Waals surface area contributed by atoms with Gasteiger partial charge in [0.25, 0.3) is 11.8 Å². The van der Waals surface area contributed by atoms with Crippen LogP contribution in [0.25, 0.3) is 0 Å². The number of aryl methyl sites for hydroxylation is 1. The molecule has 0 aromatic heterocycles. The van der Waals surface area contributed by atoms with E-state index in [-0.39, 0.29) is 22.1 Å². The molecule has 0 fully saturated rings. The standard InChI is InChI=1S/C20H24N2O6S/c1-12(2)28-17-9-7-14(10-18(17)27-4)19(23)21-22-20(24)16-11-15(29(5,25)26)8-6-13(16)3/h6-12H,1-5H3,(H,21,23)(H,22,24). The minimum Gasteiger partial charge on any atom is -0.493 e. The molecule has 156 valence electrons. The van der Waals surface area contributed by atoms with Crippen molar-refractivity contribution in [2.45, 2.75) is 31.8 Å². The summed E-state index contributed by atoms with van der Waals surface area (Å²) in [6.45, 7) is 5.41. The van der Waals surface area contributed by atoms with Crippen LogP contribution in [0.2, 0.25) is 0 Å². The summed E-state index contributed by atoms with van der Waals surface area (Å²) in [4.78, 5) is 24.8. The molecule has 0 aliphatic carbocycles. The second kappa shape index (κ2) is 8.95. The van der Waals surface area contributed by atoms with E-state index in [2.05, 4.69) is 10.9 Å². The van der Waals surface area contributed by atoms with Gasteiger partial charge < -0.3 is 9.47 Å². The third kappa shape index (κ3) is 5.71. The van der Waals surface area contributed by atoms with Gasteiger partial charge in [-0.3, -0.25) is 20.4 Å². The van der Waals surface area contributed by atoms with Crippen molar-refractivity contribution in [3.63, 3.8) is 0 Å². The van der Waals surface area contributed by atoms with Gasteiger partial charge in [-0.05, 0) is 56.7 Å². The summed E-state index contributed by atoms with van der Waals surface area (Å²) in [7, 11) is -2.00. The molecular weight excluding hydrogens is 396 g/mol. The second-order valence-electron chi connectivity index (χ2n) is 6.69. The summed E-state index contributed by atoms with van der Waals surface area (Å²) in [5.74, 6) is -0.316. The van der Waals surface area contributed by atoms with Crippen molar-refractivity contribution in [1.29, 1.82) is 0 Å². The third-order valence-corrected chi connectivity index (χ3v) is 5.07. The molecule has 8 nitrogen and oxygen atoms in total. The fraction of sp³-hybridized carbons (Fsp3) is 0.300. The lowest BCUT2D eigenvalue weighted by Crippen LogP contribution is -2.41. The van der Waals surface area contributed by atoms with Crippen LogP contribution in [0.15, 0.2) is 41.3 Å². The average Bonchev–Trinajstić information content (AvgIpc) is 2.65. The van der Waals surface area contributed by atoms with Gasteiger partial charge in [-0.1, -0.05) is 6.07 Å². The Kier molecular flexibility index (Phi) is 6.86. The summed E-state index contributed by atoms with van der Waals surface area (Å²) in [6.07, 6.45) is 0.995. The molecule has 0 saturated heterocycles. The number of benzene rings is 2. The zero-order chi connectivity index (χ0) is 21.8. The Hall–Kier alpha value is -3.07. The molecule has 2 aromatic rings. The first kappa shape index (κ1) is 22.2. The highest BCUT2D eigenvalue weighted by Crippen LogP contribution is 2.28. The number of amides is 2. The Bertz CT molecular complexity index is 1030. The van der Waals surface area contributed by atoms with Gasteiger partial charge in [0.15, 0.2) is 21.3 Å². The Morgan fingerprint density at radius 1 is 0.966 bits per heavy atom. The van der Waals surface area contributed by atoms with Crippen molar-refractivity contribution < 1.29 is 27.5 Å². The van der Waals surface area contributed by atoms with Crippen LogP contribution in [-0.4, -0.2) is 39.7 Å². The highest BCUT2D eigenvalue weighted by molar-refractivity contribution is 7.90. The number of nitrogens with one attached hydrogen (secondary N) is 2. The van der Waals surface area contributed by atoms with Crippen LogP contribution in [0.5, 0.6) is 11.5 Å². The first-order chi connectivity index (χ1) is 13.5. The molecular formula is C20H24N2O6S. The molecule has 0 radical (unpaired) electrons. The van der Waals surface area contributed by atoms with Gasteiger partial charge in [0.2, 0.25) is 0 Å². The first-order valence-corrected chi connectivity index (χ1v) is 10.7. The Balaban J connectivity index is 2.14. The number of ether oxygens (including phenoxy) is 2. The Morgan fingerprint density at radius 3 is 2.21 bits per heavy atom. The number of hydrogen-bond donors (Lipinski definition) is 2. The number of rotatable bonds is 6. The lowest BCUT2D eigenvalue weighted by Gasteiger charge is -2.15. The quantitative estimate of drug-likeness (QED) is 0.694. The van der Waals surface area contributed by atoms with Crippen LogP contribution in [0.3, 0.4) is 0 Å². The molecule has 2 amide bonds. The van der Waals surface area contributed by atoms with Crippen molar-refractivity contribution in [2.24, 2.45) is 0 Å². The van der Waals surface area contributed by atoms with Crippen LogP contribution < -0.4 is 20.3 Å². The maximum atomic E-state index is 12.4. The number of hydrogen-bond acceptors (Lipinski definition) is 6. The van der Waals surface area contributed by atoms with Crippen LogP contribution in [0.1, 0.15) is 40.1 Å². The maximum Gasteiger partial charge on any atom is 0.270 e. The van der Waals surface area contributed by atoms with Crippen molar-refractivity contribution in [3.05, 3.63) is 53.1 Å². The van der Waals surface area contributed by atoms with E-state index in [1.807, 2.05) is 13.8 Å². The smallest absolute Gasteiger partial charge is 0.270 e. The highest BCUT2D eigenvalue weighted by Gasteiger charge is 2.16. The van der Waals surface area contributed by atoms with E-state index in [1.165, 1.54) is 37.4 Å². The molecule has 0 bridgehead atoms. The molecule has 0 aliphatic rings. The molecule has 2 rings (SSSR count). The summed E-state index contributed by atoms with van der Waals surface area (Å²) in [6, 6.07) is 8.87. The highest BCUT2D eigenvalue weighted by atomic mass is 32.2. The fourth-order valence-electron chi connectivity index (χ4n) is 2.49. The monoisotopic (exact) mass is 420 g/mol. The zero-order valence-corrected chi connectivity index (χ0v) is 17.7. The summed E-state index contributed by atoms with van der Waals surface area (Å²) in [5.41, 5.74) is 5.57. The van der Waals surface area contributed by atoms with Crippen molar-refractivity contribution in [2.75, 3.05) is 13.4 Å². The Morgan fingerprint density at radius 2 is 1.62 bits per heavy atom. The lowest BCUT2D eigenvalue weighted by molar-refractivity contribution is 0.0846. The maximum absolute atomic E-state index is 12.4. The summed E-state index contributed by atoms with van der Waals surface area (Å²) < 4.78 is 34.2. The average molecular weight is 420 g/mol. The van der Waals surface area contributed by atoms with Crippen molar-refractivity contribution in [1.82, 2.24) is 10.9 Å². The first-order valence-electron chi connectivity index (χ1n) is 8.79. The van der Waals surface area contributed by atoms with E-state index in [4.69, 9.17) is 9.47 Å². The van der Waals surface area contributed by atoms with Gasteiger partial charge in [-0.2, -0.15) is 0 Å². The number of carbonyl (C=O) groups is 2. The van der Waals surface area contributed by atoms with E-state index >= 15 is 0 Å². The number of sulfone groups is 1. The van der Waals surface area contributed by atoms with Gasteiger partial charge in [0.1, 0.15) is 0 Å². The molecule has 0 heterocycles. The molecule has 0 atom stereocenters. The normalized spacial score (nSPS) is 11.1. The molecule has 29 heavy (non-hydrogen) atoms. The van der Waals surface area contributed by atoms with E-state index in [0.717, 1.165) is 6.26 Å². The van der Waals surface area contributed by atoms with Crippen LogP contribution in [-0.2, 0) is 9.84 Å². The van der Waals surface area contributed by atoms with Crippen LogP contribution in [0.4, 0.5) is 0 Å². The molecule has 9 heteroatoms. The number of hydrazine groups is 1. The number of methoxy groups -OCH3 is 1. The zero-order valence-electron chi connectivity index (χ0n) is 16.9. The number of carbonyl (C=O) groups excluding carboxylic acids is 2. The molecule has 0 aliphatic heterocycles. The summed E-state index contributed by atoms with van der Waals surface area (Å²) >= 11 is 0. The summed E-state index contributed by atoms with van der Waals surface area (Å²) in [5, 5.41) is 0. The van der Waals surface area contributed by atoms with Crippen LogP contribution in [0, 0.1) is 6.92 Å². The molecule has 0 saturated carbocycles. The van der Waals surface area contributed by atoms with Crippen LogP contribution >= 0.6 is 0 Å². The SMILES string of the molecule is COc1cc(C(=O)NNC(=O)c2cc(S(C)(=O)=O)ccc2C)ccc1OC(C)C. The van der Waals surface area contributed by atoms with Gasteiger partial charge in [0.05, 0.1) is 18.1 Å². The molecule has 2 N–H and O–H groups in total. The van der Waals surface area contributed by atoms with Gasteiger partial charge >= 0.3 is 0 Å². The van der Waals surface area contributed by atoms with Gasteiger partial charge in [0, 0.05) is 17.4 Å². The minimum absolute atomic E-state index is 0.0186.